The van der Waals surface area contributed by atoms with Crippen molar-refractivity contribution in [1.29, 1.82) is 0 Å². The van der Waals surface area contributed by atoms with Crippen molar-refractivity contribution in [3.63, 3.8) is 0 Å². The number of amides is 1. The van der Waals surface area contributed by atoms with E-state index < -0.39 is 0 Å². The van der Waals surface area contributed by atoms with Gasteiger partial charge in [-0.3, -0.25) is 4.79 Å². The lowest BCUT2D eigenvalue weighted by Crippen LogP contribution is -2.67. The van der Waals surface area contributed by atoms with E-state index in [0.717, 1.165) is 57.7 Å². The molecule has 3 aliphatic rings. The normalized spacial score (nSPS) is 30.6. The van der Waals surface area contributed by atoms with Gasteiger partial charge in [-0.2, -0.15) is 0 Å². The number of carbonyl (C=O) groups is 1. The zero-order valence-corrected chi connectivity index (χ0v) is 17.0. The van der Waals surface area contributed by atoms with Crippen LogP contribution in [-0.2, 0) is 11.2 Å². The van der Waals surface area contributed by atoms with Crippen LogP contribution in [0.25, 0.3) is 0 Å². The second kappa shape index (κ2) is 7.74. The molecule has 0 aliphatic carbocycles. The summed E-state index contributed by atoms with van der Waals surface area (Å²) in [6, 6.07) is 0.714. The Morgan fingerprint density at radius 3 is 2.63 bits per heavy atom. The molecule has 0 N–H and O–H groups in total. The van der Waals surface area contributed by atoms with Crippen LogP contribution in [0.3, 0.4) is 0 Å². The number of rotatable bonds is 5. The Balaban J connectivity index is 1.57. The predicted molar refractivity (Wildman–Crippen MR) is 107 cm³/mol. The zero-order chi connectivity index (χ0) is 19.0. The molecule has 4 atom stereocenters. The summed E-state index contributed by atoms with van der Waals surface area (Å²) in [5, 5.41) is 0. The third-order valence-corrected chi connectivity index (χ3v) is 6.56. The van der Waals surface area contributed by atoms with Gasteiger partial charge in [0.15, 0.2) is 0 Å². The summed E-state index contributed by atoms with van der Waals surface area (Å²) in [5.41, 5.74) is 1.22. The van der Waals surface area contributed by atoms with E-state index in [4.69, 9.17) is 0 Å². The fourth-order valence-corrected chi connectivity index (χ4v) is 5.48. The molecule has 3 saturated heterocycles. The van der Waals surface area contributed by atoms with Gasteiger partial charge in [0, 0.05) is 50.5 Å². The van der Waals surface area contributed by atoms with Crippen LogP contribution >= 0.6 is 0 Å². The molecule has 1 aromatic heterocycles. The molecule has 0 unspecified atom stereocenters. The van der Waals surface area contributed by atoms with Gasteiger partial charge in [0.1, 0.15) is 0 Å². The molecular formula is C21H33N5O. The van der Waals surface area contributed by atoms with Crippen LogP contribution in [0.2, 0.25) is 0 Å². The van der Waals surface area contributed by atoms with Crippen molar-refractivity contribution in [3.8, 4) is 0 Å². The number of hydrogen-bond donors (Lipinski definition) is 0. The highest BCUT2D eigenvalue weighted by Gasteiger charge is 2.49. The van der Waals surface area contributed by atoms with Crippen LogP contribution in [-0.4, -0.2) is 71.5 Å². The molecule has 6 nitrogen and oxygen atoms in total. The molecule has 0 aromatic carbocycles. The Morgan fingerprint density at radius 2 is 1.93 bits per heavy atom. The number of likely N-dealkylation sites (N-methyl/N-ethyl adjacent to an activating group) is 1. The first-order chi connectivity index (χ1) is 13.1. The molecule has 0 spiro atoms. The topological polar surface area (TPSA) is 52.6 Å². The molecule has 4 rings (SSSR count). The third kappa shape index (κ3) is 3.68. The maximum Gasteiger partial charge on any atom is 0.225 e. The zero-order valence-electron chi connectivity index (χ0n) is 17.0. The molecule has 3 fully saturated rings. The summed E-state index contributed by atoms with van der Waals surface area (Å²) in [4.78, 5) is 29.0. The fraction of sp³-hybridized carbons (Fsp3) is 0.762. The van der Waals surface area contributed by atoms with E-state index in [0.29, 0.717) is 29.8 Å². The summed E-state index contributed by atoms with van der Waals surface area (Å²) >= 11 is 0. The van der Waals surface area contributed by atoms with Gasteiger partial charge in [-0.15, -0.1) is 0 Å². The average molecular weight is 372 g/mol. The van der Waals surface area contributed by atoms with Crippen molar-refractivity contribution in [2.75, 3.05) is 38.6 Å². The molecule has 1 aromatic rings. The minimum Gasteiger partial charge on any atom is -0.340 e. The van der Waals surface area contributed by atoms with Gasteiger partial charge in [-0.1, -0.05) is 13.3 Å². The van der Waals surface area contributed by atoms with Gasteiger partial charge in [-0.25, -0.2) is 9.97 Å². The molecule has 2 bridgehead atoms. The second-order valence-corrected chi connectivity index (χ2v) is 8.89. The van der Waals surface area contributed by atoms with E-state index in [1.54, 1.807) is 0 Å². The first-order valence-electron chi connectivity index (χ1n) is 10.6. The largest absolute Gasteiger partial charge is 0.340 e. The number of fused-ring (bicyclic) bond motifs is 4. The van der Waals surface area contributed by atoms with Gasteiger partial charge in [-0.05, 0) is 57.2 Å². The molecule has 27 heavy (non-hydrogen) atoms. The summed E-state index contributed by atoms with van der Waals surface area (Å²) in [7, 11) is 4.23. The molecule has 6 heteroatoms. The van der Waals surface area contributed by atoms with Gasteiger partial charge in [0.2, 0.25) is 11.9 Å². The van der Waals surface area contributed by atoms with E-state index in [2.05, 4.69) is 45.7 Å². The molecule has 0 saturated carbocycles. The number of piperidine rings is 3. The van der Waals surface area contributed by atoms with Gasteiger partial charge < -0.3 is 14.7 Å². The highest BCUT2D eigenvalue weighted by atomic mass is 16.2. The molecular weight excluding hydrogens is 338 g/mol. The Hall–Kier alpha value is -1.69. The maximum absolute atomic E-state index is 12.8. The van der Waals surface area contributed by atoms with Crippen LogP contribution in [0.1, 0.15) is 44.6 Å². The third-order valence-electron chi connectivity index (χ3n) is 6.56. The lowest BCUT2D eigenvalue weighted by atomic mass is 9.72. The first kappa shape index (κ1) is 18.7. The maximum atomic E-state index is 12.8. The van der Waals surface area contributed by atoms with Gasteiger partial charge in [0.25, 0.3) is 0 Å². The standard InChI is InChI=1S/C21H33N5O/c1-4-6-15-10-22-21(23-11-15)25-12-16-9-17(13-25)19(14-24(2)3)26-18(16)7-5-8-20(26)27/h10-11,16-19H,4-9,12-14H2,1-3H3/t16-,17+,18+,19+/m1/s1. The van der Waals surface area contributed by atoms with E-state index >= 15 is 0 Å². The van der Waals surface area contributed by atoms with Crippen LogP contribution in [0.15, 0.2) is 12.4 Å². The number of carbonyl (C=O) groups excluding carboxylic acids is 1. The average Bonchev–Trinajstić information content (AvgIpc) is 2.66. The summed E-state index contributed by atoms with van der Waals surface area (Å²) < 4.78 is 0. The number of anilines is 1. The molecule has 3 aliphatic heterocycles. The number of aromatic nitrogens is 2. The van der Waals surface area contributed by atoms with Crippen molar-refractivity contribution in [3.05, 3.63) is 18.0 Å². The Kier molecular flexibility index (Phi) is 5.35. The molecule has 0 radical (unpaired) electrons. The monoisotopic (exact) mass is 371 g/mol. The van der Waals surface area contributed by atoms with Crippen molar-refractivity contribution in [2.24, 2.45) is 11.8 Å². The van der Waals surface area contributed by atoms with E-state index in [1.807, 2.05) is 12.4 Å². The van der Waals surface area contributed by atoms with Gasteiger partial charge >= 0.3 is 0 Å². The molecule has 148 valence electrons. The van der Waals surface area contributed by atoms with Gasteiger partial charge in [0.05, 0.1) is 0 Å². The van der Waals surface area contributed by atoms with Crippen LogP contribution in [0, 0.1) is 11.8 Å². The smallest absolute Gasteiger partial charge is 0.225 e. The number of aryl methyl sites for hydroxylation is 1. The lowest BCUT2D eigenvalue weighted by Gasteiger charge is -2.57. The number of hydrogen-bond acceptors (Lipinski definition) is 5. The van der Waals surface area contributed by atoms with Crippen LogP contribution in [0.5, 0.6) is 0 Å². The van der Waals surface area contributed by atoms with Crippen molar-refractivity contribution in [2.45, 2.75) is 57.5 Å². The van der Waals surface area contributed by atoms with E-state index in [-0.39, 0.29) is 0 Å². The summed E-state index contributed by atoms with van der Waals surface area (Å²) in [5.74, 6) is 2.29. The fourth-order valence-electron chi connectivity index (χ4n) is 5.48. The van der Waals surface area contributed by atoms with Crippen LogP contribution in [0.4, 0.5) is 5.95 Å². The Morgan fingerprint density at radius 1 is 1.19 bits per heavy atom. The summed E-state index contributed by atoms with van der Waals surface area (Å²) in [6.07, 6.45) is 10.3. The van der Waals surface area contributed by atoms with Crippen molar-refractivity contribution in [1.82, 2.24) is 19.8 Å². The van der Waals surface area contributed by atoms with E-state index in [9.17, 15) is 4.79 Å². The first-order valence-corrected chi connectivity index (χ1v) is 10.6. The lowest BCUT2D eigenvalue weighted by molar-refractivity contribution is -0.149. The number of nitrogens with zero attached hydrogens (tertiary/aromatic N) is 5. The van der Waals surface area contributed by atoms with E-state index in [1.165, 1.54) is 12.0 Å². The molecule has 1 amide bonds. The second-order valence-electron chi connectivity index (χ2n) is 8.89. The Bertz CT molecular complexity index is 661. The van der Waals surface area contributed by atoms with Crippen molar-refractivity contribution >= 4 is 11.9 Å². The predicted octanol–water partition coefficient (Wildman–Crippen LogP) is 2.20. The quantitative estimate of drug-likeness (QED) is 0.794. The highest BCUT2D eigenvalue weighted by molar-refractivity contribution is 5.78. The highest BCUT2D eigenvalue weighted by Crippen LogP contribution is 2.42. The Labute approximate surface area is 162 Å². The van der Waals surface area contributed by atoms with Crippen LogP contribution < -0.4 is 4.90 Å². The molecule has 4 heterocycles. The van der Waals surface area contributed by atoms with Crippen molar-refractivity contribution < 1.29 is 4.79 Å². The minimum absolute atomic E-state index is 0.316. The summed E-state index contributed by atoms with van der Waals surface area (Å²) in [6.45, 7) is 5.07. The SMILES string of the molecule is CCCc1cnc(N2C[C@H]3C[C@@H](C2)[C@H](CN(C)C)N2C(=O)CCC[C@@H]32)nc1. The minimum atomic E-state index is 0.316.